The molecule has 0 bridgehead atoms. The van der Waals surface area contributed by atoms with Crippen LogP contribution in [0, 0.1) is 11.6 Å². The molecule has 3 heterocycles. The Balaban J connectivity index is 0.000000182. The third-order valence-electron chi connectivity index (χ3n) is 7.54. The van der Waals surface area contributed by atoms with Gasteiger partial charge in [0.15, 0.2) is 0 Å². The molecular formula is C32H38BBrF2O8. The molecular weight excluding hydrogens is 641 g/mol. The highest BCUT2D eigenvalue weighted by atomic mass is 79.9. The Hall–Kier alpha value is -2.90. The van der Waals surface area contributed by atoms with Crippen molar-refractivity contribution >= 4 is 40.6 Å². The summed E-state index contributed by atoms with van der Waals surface area (Å²) >= 11 is 3.21. The summed E-state index contributed by atoms with van der Waals surface area (Å²) in [7, 11) is 2.40. The molecule has 1 fully saturated rings. The molecule has 2 aromatic rings. The SMILES string of the molecule is CC1(C)OB(C2=CCOC2)OC1(C)C.COC(=O)Cc1cc(F)ccc1Br.COC(=O)Cc1cc(F)ccc1C1=CCOC1. The maximum Gasteiger partial charge on any atom is 0.492 e. The lowest BCUT2D eigenvalue weighted by atomic mass is 9.79. The molecule has 44 heavy (non-hydrogen) atoms. The van der Waals surface area contributed by atoms with Crippen LogP contribution in [0.3, 0.4) is 0 Å². The molecule has 0 amide bonds. The van der Waals surface area contributed by atoms with Crippen LogP contribution in [0.4, 0.5) is 8.78 Å². The summed E-state index contributed by atoms with van der Waals surface area (Å²) in [5, 5.41) is 0. The second-order valence-corrected chi connectivity index (χ2v) is 12.0. The minimum Gasteiger partial charge on any atom is -0.469 e. The average molecular weight is 679 g/mol. The third kappa shape index (κ3) is 9.80. The molecule has 12 heteroatoms. The molecule has 238 valence electrons. The van der Waals surface area contributed by atoms with E-state index in [1.54, 1.807) is 12.1 Å². The first-order valence-electron chi connectivity index (χ1n) is 14.0. The van der Waals surface area contributed by atoms with Crippen molar-refractivity contribution in [3.63, 3.8) is 0 Å². The fraction of sp³-hybridized carbons (Fsp3) is 0.438. The zero-order valence-electron chi connectivity index (χ0n) is 25.8. The zero-order chi connectivity index (χ0) is 32.5. The van der Waals surface area contributed by atoms with E-state index in [-0.39, 0.29) is 54.7 Å². The van der Waals surface area contributed by atoms with E-state index in [1.165, 1.54) is 38.5 Å². The Bertz CT molecular complexity index is 1380. The molecule has 0 radical (unpaired) electrons. The number of ether oxygens (including phenoxy) is 4. The molecule has 3 aliphatic heterocycles. The van der Waals surface area contributed by atoms with Crippen LogP contribution in [0.1, 0.15) is 44.4 Å². The van der Waals surface area contributed by atoms with Gasteiger partial charge in [-0.2, -0.15) is 0 Å². The lowest BCUT2D eigenvalue weighted by molar-refractivity contribution is -0.140. The molecule has 1 saturated heterocycles. The average Bonchev–Trinajstić information content (AvgIpc) is 3.73. The normalized spacial score (nSPS) is 17.9. The number of carbonyl (C=O) groups is 2. The monoisotopic (exact) mass is 678 g/mol. The van der Waals surface area contributed by atoms with E-state index in [0.717, 1.165) is 16.6 Å². The van der Waals surface area contributed by atoms with E-state index in [9.17, 15) is 18.4 Å². The van der Waals surface area contributed by atoms with E-state index in [0.29, 0.717) is 42.0 Å². The smallest absolute Gasteiger partial charge is 0.469 e. The van der Waals surface area contributed by atoms with Gasteiger partial charge in [0, 0.05) is 4.47 Å². The number of benzene rings is 2. The van der Waals surface area contributed by atoms with Crippen molar-refractivity contribution in [2.24, 2.45) is 0 Å². The van der Waals surface area contributed by atoms with Crippen molar-refractivity contribution < 1.29 is 46.6 Å². The van der Waals surface area contributed by atoms with Gasteiger partial charge in [0.2, 0.25) is 0 Å². The van der Waals surface area contributed by atoms with Gasteiger partial charge in [-0.1, -0.05) is 34.1 Å². The number of hydrogen-bond donors (Lipinski definition) is 0. The molecule has 5 rings (SSSR count). The summed E-state index contributed by atoms with van der Waals surface area (Å²) < 4.78 is 57.9. The van der Waals surface area contributed by atoms with E-state index >= 15 is 0 Å². The van der Waals surface area contributed by atoms with Crippen LogP contribution < -0.4 is 0 Å². The minimum atomic E-state index is -0.383. The fourth-order valence-electron chi connectivity index (χ4n) is 4.29. The molecule has 0 unspecified atom stereocenters. The maximum absolute atomic E-state index is 13.2. The number of hydrogen-bond acceptors (Lipinski definition) is 8. The van der Waals surface area contributed by atoms with Crippen molar-refractivity contribution in [3.8, 4) is 0 Å². The fourth-order valence-corrected chi connectivity index (χ4v) is 4.68. The van der Waals surface area contributed by atoms with Gasteiger partial charge in [0.05, 0.1) is 64.7 Å². The third-order valence-corrected chi connectivity index (χ3v) is 8.31. The molecule has 0 saturated carbocycles. The van der Waals surface area contributed by atoms with Gasteiger partial charge in [-0.3, -0.25) is 9.59 Å². The van der Waals surface area contributed by atoms with Gasteiger partial charge in [0.25, 0.3) is 0 Å². The van der Waals surface area contributed by atoms with E-state index < -0.39 is 0 Å². The van der Waals surface area contributed by atoms with Crippen LogP contribution in [-0.2, 0) is 50.7 Å². The van der Waals surface area contributed by atoms with Gasteiger partial charge < -0.3 is 28.3 Å². The van der Waals surface area contributed by atoms with Crippen molar-refractivity contribution in [2.45, 2.75) is 51.7 Å². The van der Waals surface area contributed by atoms with Crippen LogP contribution in [0.15, 0.2) is 58.5 Å². The van der Waals surface area contributed by atoms with Crippen molar-refractivity contribution in [3.05, 3.63) is 86.8 Å². The number of carbonyl (C=O) groups excluding carboxylic acids is 2. The summed E-state index contributed by atoms with van der Waals surface area (Å²) in [5.74, 6) is -1.48. The molecule has 3 aliphatic rings. The Kier molecular flexibility index (Phi) is 12.9. The number of esters is 2. The first-order valence-corrected chi connectivity index (χ1v) is 14.8. The number of rotatable bonds is 6. The molecule has 0 atom stereocenters. The summed E-state index contributed by atoms with van der Waals surface area (Å²) in [6.45, 7) is 10.6. The first-order chi connectivity index (χ1) is 20.8. The van der Waals surface area contributed by atoms with Crippen LogP contribution >= 0.6 is 15.9 Å². The Morgan fingerprint density at radius 1 is 0.818 bits per heavy atom. The Morgan fingerprint density at radius 3 is 1.86 bits per heavy atom. The highest BCUT2D eigenvalue weighted by Gasteiger charge is 2.52. The van der Waals surface area contributed by atoms with Crippen LogP contribution in [0.25, 0.3) is 5.57 Å². The van der Waals surface area contributed by atoms with Crippen LogP contribution in [-0.4, -0.2) is 70.9 Å². The number of methoxy groups -OCH3 is 2. The van der Waals surface area contributed by atoms with Crippen molar-refractivity contribution in [2.75, 3.05) is 40.6 Å². The molecule has 0 aliphatic carbocycles. The lowest BCUT2D eigenvalue weighted by Crippen LogP contribution is -2.41. The van der Waals surface area contributed by atoms with E-state index in [1.807, 2.05) is 12.2 Å². The highest BCUT2D eigenvalue weighted by Crippen LogP contribution is 2.39. The second-order valence-electron chi connectivity index (χ2n) is 11.2. The predicted octanol–water partition coefficient (Wildman–Crippen LogP) is 5.83. The van der Waals surface area contributed by atoms with Crippen LogP contribution in [0.2, 0.25) is 0 Å². The minimum absolute atomic E-state index is 0.0704. The molecule has 0 N–H and O–H groups in total. The van der Waals surface area contributed by atoms with E-state index in [4.69, 9.17) is 18.8 Å². The molecule has 0 aromatic heterocycles. The van der Waals surface area contributed by atoms with E-state index in [2.05, 4.69) is 53.1 Å². The van der Waals surface area contributed by atoms with Gasteiger partial charge >= 0.3 is 19.1 Å². The first kappa shape index (κ1) is 35.6. The second kappa shape index (κ2) is 15.9. The number of halogens is 3. The summed E-state index contributed by atoms with van der Waals surface area (Å²) in [6.07, 6.45) is 4.13. The van der Waals surface area contributed by atoms with Crippen LogP contribution in [0.5, 0.6) is 0 Å². The molecule has 8 nitrogen and oxygen atoms in total. The lowest BCUT2D eigenvalue weighted by Gasteiger charge is -2.32. The Labute approximate surface area is 265 Å². The summed E-state index contributed by atoms with van der Waals surface area (Å²) in [6, 6.07) is 8.62. The zero-order valence-corrected chi connectivity index (χ0v) is 27.4. The van der Waals surface area contributed by atoms with Gasteiger partial charge in [-0.15, -0.1) is 0 Å². The summed E-state index contributed by atoms with van der Waals surface area (Å²) in [5.41, 5.74) is 3.68. The van der Waals surface area contributed by atoms with Crippen molar-refractivity contribution in [1.29, 1.82) is 0 Å². The van der Waals surface area contributed by atoms with Gasteiger partial charge in [-0.05, 0) is 85.8 Å². The quantitative estimate of drug-likeness (QED) is 0.279. The van der Waals surface area contributed by atoms with Gasteiger partial charge in [0.1, 0.15) is 11.6 Å². The largest absolute Gasteiger partial charge is 0.492 e. The van der Waals surface area contributed by atoms with Crippen molar-refractivity contribution in [1.82, 2.24) is 0 Å². The maximum atomic E-state index is 13.2. The van der Waals surface area contributed by atoms with Gasteiger partial charge in [-0.25, -0.2) is 8.78 Å². The summed E-state index contributed by atoms with van der Waals surface area (Å²) in [4.78, 5) is 22.1. The molecule has 2 aromatic carbocycles. The standard InChI is InChI=1S/C13H13FO3.C10H17BO3.C9H8BrFO2/c1-16-13(15)7-10-6-11(14)2-3-12(10)9-4-5-17-8-9;1-9(2)10(3,4)14-11(13-9)8-5-6-12-7-8;1-13-9(12)5-6-4-7(11)2-3-8(6)10/h2-4,6H,5,7-8H2,1H3;5H,6-7H2,1-4H3;2-4H,5H2,1H3. The molecule has 0 spiro atoms. The topological polar surface area (TPSA) is 89.5 Å². The highest BCUT2D eigenvalue weighted by molar-refractivity contribution is 9.10. The Morgan fingerprint density at radius 2 is 1.34 bits per heavy atom. The predicted molar refractivity (Wildman–Crippen MR) is 166 cm³/mol.